The average molecular weight is 360 g/mol. The second-order valence-electron chi connectivity index (χ2n) is 6.75. The molecule has 1 aliphatic carbocycles. The van der Waals surface area contributed by atoms with Crippen LogP contribution in [0.2, 0.25) is 0 Å². The van der Waals surface area contributed by atoms with Gasteiger partial charge in [-0.3, -0.25) is 0 Å². The molecule has 0 radical (unpaired) electrons. The fraction of sp³-hybridized carbons (Fsp3) is 0.368. The molecule has 1 aromatic carbocycles. The Morgan fingerprint density at radius 2 is 1.96 bits per heavy atom. The zero-order valence-electron chi connectivity index (χ0n) is 14.8. The van der Waals surface area contributed by atoms with E-state index in [0.717, 1.165) is 18.4 Å². The first-order chi connectivity index (χ1) is 12.4. The van der Waals surface area contributed by atoms with Crippen molar-refractivity contribution < 1.29 is 13.2 Å². The lowest BCUT2D eigenvalue weighted by Gasteiger charge is -2.22. The molecule has 26 heavy (non-hydrogen) atoms. The van der Waals surface area contributed by atoms with Crippen LogP contribution < -0.4 is 11.5 Å². The van der Waals surface area contributed by atoms with Gasteiger partial charge in [-0.2, -0.15) is 0 Å². The zero-order chi connectivity index (χ0) is 18.8. The molecule has 0 amide bonds. The lowest BCUT2D eigenvalue weighted by atomic mass is 9.86. The van der Waals surface area contributed by atoms with Crippen LogP contribution in [0.1, 0.15) is 62.3 Å². The number of aromatic nitrogens is 2. The van der Waals surface area contributed by atoms with Gasteiger partial charge in [-0.1, -0.05) is 19.9 Å². The van der Waals surface area contributed by atoms with Gasteiger partial charge in [0.1, 0.15) is 11.6 Å². The van der Waals surface area contributed by atoms with Crippen LogP contribution in [0.25, 0.3) is 5.70 Å². The van der Waals surface area contributed by atoms with Gasteiger partial charge in [-0.05, 0) is 43.0 Å². The van der Waals surface area contributed by atoms with Gasteiger partial charge < -0.3 is 15.9 Å². The standard InChI is InChI=1S/C19H22F2N4O/c1-10(2)18-24-25-19(26-18)12-6-3-5-11(17(12)23)9-15(22)16-13(20)7-4-8-14(16)21/h4,7-10,12H,3,5-6,22-23H2,1-2H3/b15-9-. The minimum atomic E-state index is -0.705. The monoisotopic (exact) mass is 360 g/mol. The number of hydrogen-bond acceptors (Lipinski definition) is 5. The molecule has 138 valence electrons. The second-order valence-corrected chi connectivity index (χ2v) is 6.75. The molecule has 1 heterocycles. The van der Waals surface area contributed by atoms with E-state index in [1.165, 1.54) is 18.2 Å². The number of allylic oxidation sites excluding steroid dienone is 3. The van der Waals surface area contributed by atoms with Gasteiger partial charge in [0.2, 0.25) is 11.8 Å². The van der Waals surface area contributed by atoms with E-state index in [2.05, 4.69) is 10.2 Å². The van der Waals surface area contributed by atoms with Gasteiger partial charge in [0.15, 0.2) is 0 Å². The molecular weight excluding hydrogens is 338 g/mol. The quantitative estimate of drug-likeness (QED) is 0.861. The lowest BCUT2D eigenvalue weighted by molar-refractivity contribution is 0.398. The summed E-state index contributed by atoms with van der Waals surface area (Å²) in [5, 5.41) is 8.16. The van der Waals surface area contributed by atoms with E-state index in [0.29, 0.717) is 23.9 Å². The lowest BCUT2D eigenvalue weighted by Crippen LogP contribution is -2.18. The van der Waals surface area contributed by atoms with Gasteiger partial charge in [-0.15, -0.1) is 10.2 Å². The molecule has 2 aromatic rings. The number of halogens is 2. The van der Waals surface area contributed by atoms with Gasteiger partial charge in [0.05, 0.1) is 11.5 Å². The predicted molar refractivity (Wildman–Crippen MR) is 94.7 cm³/mol. The molecular formula is C19H22F2N4O. The Bertz CT molecular complexity index is 850. The van der Waals surface area contributed by atoms with Gasteiger partial charge in [-0.25, -0.2) is 8.78 Å². The van der Waals surface area contributed by atoms with E-state index >= 15 is 0 Å². The second kappa shape index (κ2) is 7.27. The summed E-state index contributed by atoms with van der Waals surface area (Å²) in [7, 11) is 0. The van der Waals surface area contributed by atoms with E-state index in [9.17, 15) is 8.78 Å². The minimum Gasteiger partial charge on any atom is -0.424 e. The summed E-state index contributed by atoms with van der Waals surface area (Å²) in [5.41, 5.74) is 13.3. The molecule has 1 atom stereocenters. The molecule has 0 bridgehead atoms. The molecule has 0 fully saturated rings. The molecule has 7 heteroatoms. The molecule has 3 rings (SSSR count). The summed E-state index contributed by atoms with van der Waals surface area (Å²) < 4.78 is 33.6. The van der Waals surface area contributed by atoms with Gasteiger partial charge in [0.25, 0.3) is 0 Å². The van der Waals surface area contributed by atoms with Crippen molar-refractivity contribution in [3.05, 3.63) is 64.5 Å². The van der Waals surface area contributed by atoms with Crippen molar-refractivity contribution in [1.29, 1.82) is 0 Å². The van der Waals surface area contributed by atoms with Crippen LogP contribution in [0.3, 0.4) is 0 Å². The number of nitrogens with two attached hydrogens (primary N) is 2. The third kappa shape index (κ3) is 3.47. The van der Waals surface area contributed by atoms with Crippen LogP contribution in [0.4, 0.5) is 8.78 Å². The maximum atomic E-state index is 13.9. The summed E-state index contributed by atoms with van der Waals surface area (Å²) in [5.74, 6) is -0.472. The zero-order valence-corrected chi connectivity index (χ0v) is 14.8. The number of nitrogens with zero attached hydrogens (tertiary/aromatic N) is 2. The fourth-order valence-corrected chi connectivity index (χ4v) is 3.09. The fourth-order valence-electron chi connectivity index (χ4n) is 3.09. The Balaban J connectivity index is 1.95. The Morgan fingerprint density at radius 3 is 2.58 bits per heavy atom. The van der Waals surface area contributed by atoms with Crippen LogP contribution in [0, 0.1) is 11.6 Å². The smallest absolute Gasteiger partial charge is 0.225 e. The molecule has 0 spiro atoms. The van der Waals surface area contributed by atoms with Crippen LogP contribution in [-0.2, 0) is 0 Å². The SMILES string of the molecule is CC(C)c1nnc(C2CCCC(/C=C(\N)c3c(F)cccc3F)=C2N)o1. The molecule has 5 nitrogen and oxygen atoms in total. The molecule has 4 N–H and O–H groups in total. The van der Waals surface area contributed by atoms with Crippen LogP contribution in [-0.4, -0.2) is 10.2 Å². The van der Waals surface area contributed by atoms with Crippen molar-refractivity contribution >= 4 is 5.70 Å². The predicted octanol–water partition coefficient (Wildman–Crippen LogP) is 3.95. The van der Waals surface area contributed by atoms with E-state index in [-0.39, 0.29) is 23.1 Å². The summed E-state index contributed by atoms with van der Waals surface area (Å²) >= 11 is 0. The van der Waals surface area contributed by atoms with Gasteiger partial charge in [0, 0.05) is 17.3 Å². The third-order valence-corrected chi connectivity index (χ3v) is 4.51. The van der Waals surface area contributed by atoms with E-state index in [1.54, 1.807) is 6.08 Å². The highest BCUT2D eigenvalue weighted by molar-refractivity contribution is 5.67. The first-order valence-corrected chi connectivity index (χ1v) is 8.61. The van der Waals surface area contributed by atoms with Crippen molar-refractivity contribution in [2.45, 2.75) is 44.9 Å². The topological polar surface area (TPSA) is 91.0 Å². The number of hydrogen-bond donors (Lipinski definition) is 2. The largest absolute Gasteiger partial charge is 0.424 e. The van der Waals surface area contributed by atoms with Crippen LogP contribution >= 0.6 is 0 Å². The summed E-state index contributed by atoms with van der Waals surface area (Å²) in [6.45, 7) is 3.93. The number of rotatable bonds is 4. The minimum absolute atomic E-state index is 0.00704. The first kappa shape index (κ1) is 18.1. The van der Waals surface area contributed by atoms with E-state index in [1.807, 2.05) is 13.8 Å². The maximum absolute atomic E-state index is 13.9. The van der Waals surface area contributed by atoms with Crippen LogP contribution in [0.5, 0.6) is 0 Å². The first-order valence-electron chi connectivity index (χ1n) is 8.61. The summed E-state index contributed by atoms with van der Waals surface area (Å²) in [4.78, 5) is 0. The van der Waals surface area contributed by atoms with Crippen molar-refractivity contribution in [2.24, 2.45) is 11.5 Å². The molecule has 0 saturated heterocycles. The number of benzene rings is 1. The van der Waals surface area contributed by atoms with E-state index < -0.39 is 11.6 Å². The molecule has 0 aliphatic heterocycles. The summed E-state index contributed by atoms with van der Waals surface area (Å²) in [6, 6.07) is 3.65. The summed E-state index contributed by atoms with van der Waals surface area (Å²) in [6.07, 6.45) is 3.83. The average Bonchev–Trinajstić information content (AvgIpc) is 3.07. The Hall–Kier alpha value is -2.70. The molecule has 1 aromatic heterocycles. The van der Waals surface area contributed by atoms with E-state index in [4.69, 9.17) is 15.9 Å². The maximum Gasteiger partial charge on any atom is 0.225 e. The normalized spacial score (nSPS) is 18.7. The Kier molecular flexibility index (Phi) is 5.06. The Morgan fingerprint density at radius 1 is 1.27 bits per heavy atom. The third-order valence-electron chi connectivity index (χ3n) is 4.51. The highest BCUT2D eigenvalue weighted by Gasteiger charge is 2.27. The molecule has 1 aliphatic rings. The van der Waals surface area contributed by atoms with Crippen molar-refractivity contribution in [1.82, 2.24) is 10.2 Å². The highest BCUT2D eigenvalue weighted by Crippen LogP contribution is 2.36. The van der Waals surface area contributed by atoms with Crippen LogP contribution in [0.15, 0.2) is 40.0 Å². The van der Waals surface area contributed by atoms with Crippen molar-refractivity contribution in [3.63, 3.8) is 0 Å². The molecule has 0 saturated carbocycles. The highest BCUT2D eigenvalue weighted by atomic mass is 19.1. The Labute approximate surface area is 150 Å². The van der Waals surface area contributed by atoms with Gasteiger partial charge >= 0.3 is 0 Å². The van der Waals surface area contributed by atoms with Crippen molar-refractivity contribution in [3.8, 4) is 0 Å². The van der Waals surface area contributed by atoms with Crippen molar-refractivity contribution in [2.75, 3.05) is 0 Å². The molecule has 1 unspecified atom stereocenters.